The lowest BCUT2D eigenvalue weighted by atomic mass is 9.76. The van der Waals surface area contributed by atoms with Crippen molar-refractivity contribution < 1.29 is 38.3 Å². The van der Waals surface area contributed by atoms with Gasteiger partial charge in [-0.1, -0.05) is 118 Å². The molecular formula is C64H84N8O8. The summed E-state index contributed by atoms with van der Waals surface area (Å²) in [7, 11) is 3.36. The quantitative estimate of drug-likeness (QED) is 0.0587. The molecule has 80 heavy (non-hydrogen) atoms. The van der Waals surface area contributed by atoms with E-state index in [0.29, 0.717) is 30.6 Å². The predicted octanol–water partition coefficient (Wildman–Crippen LogP) is 6.81. The zero-order valence-corrected chi connectivity index (χ0v) is 47.8. The SMILES string of the molecule is C=C1/C=C\C=C/C[C@H](NC(=O)[C@H]2CC=CC[C@@H]2C(=O)[C@H](Cc2ccc(OCc3ccc(C(=O)N[C@H]4C[C@@H](C(=O)N[C@@H]5CCCc6ccccc65)N(C(=O)[C@@H](NC(=O)[C@H](C)NC)C(C)(C)C)C4)cc3)cc2)NC(=O)[C@H](C)NC)CCC1. The molecule has 1 fully saturated rings. The zero-order chi connectivity index (χ0) is 57.5. The zero-order valence-electron chi connectivity index (χ0n) is 47.8. The Morgan fingerprint density at radius 3 is 2.06 bits per heavy atom. The standard InChI is InChI=1S/C64H84N8O8/c1-40-18-10-9-11-22-47(23-16-19-40)67-61(77)52-26-15-14-25-51(52)56(73)54(70-58(74)41(2)65-7)36-43-30-34-49(35-31-43)80-39-44-28-32-46(33-29-44)60(76)68-48-37-55(62(78)69-53-27-17-21-45-20-12-13-24-50(45)53)72(38-48)63(79)57(64(4,5)6)71-59(75)42(3)66-8/h9-15,18,20,24,28-35,41-42,47-48,51-55,57,65-66H,1,16-17,19,21-23,25-27,36-39H2,2-8H3,(H,67,77)(H,68,76)(H,69,78)(H,70,74)(H,71,75)/b11-9-,18-10-/t41-,42-,47-,48-,51-,52-,53+,54-,55-,57+/m0/s1. The molecule has 0 unspecified atom stereocenters. The number of likely N-dealkylation sites (N-methyl/N-ethyl adjacent to an activating group) is 2. The second-order valence-electron chi connectivity index (χ2n) is 23.1. The van der Waals surface area contributed by atoms with Crippen molar-refractivity contribution in [2.75, 3.05) is 20.6 Å². The van der Waals surface area contributed by atoms with Crippen LogP contribution in [-0.4, -0.2) is 109 Å². The number of ketones is 1. The number of nitrogens with zero attached hydrogens (tertiary/aromatic N) is 1. The van der Waals surface area contributed by atoms with Crippen LogP contribution in [0.5, 0.6) is 5.75 Å². The van der Waals surface area contributed by atoms with Crippen LogP contribution >= 0.6 is 0 Å². The molecule has 0 saturated carbocycles. The van der Waals surface area contributed by atoms with Crippen LogP contribution in [0.4, 0.5) is 0 Å². The van der Waals surface area contributed by atoms with Gasteiger partial charge < -0.3 is 46.9 Å². The van der Waals surface area contributed by atoms with Gasteiger partial charge in [0.1, 0.15) is 24.4 Å². The Balaban J connectivity index is 0.976. The lowest BCUT2D eigenvalue weighted by Gasteiger charge is -2.36. The Labute approximate surface area is 472 Å². The van der Waals surface area contributed by atoms with Crippen LogP contribution in [0.2, 0.25) is 0 Å². The number of fused-ring (bicyclic) bond motifs is 1. The fourth-order valence-electron chi connectivity index (χ4n) is 11.0. The summed E-state index contributed by atoms with van der Waals surface area (Å²) in [6.07, 6.45) is 19.0. The van der Waals surface area contributed by atoms with Crippen molar-refractivity contribution in [1.29, 1.82) is 0 Å². The smallest absolute Gasteiger partial charge is 0.251 e. The van der Waals surface area contributed by atoms with Crippen molar-refractivity contribution in [2.24, 2.45) is 17.3 Å². The number of nitrogens with one attached hydrogen (secondary N) is 7. The van der Waals surface area contributed by atoms with Crippen molar-refractivity contribution in [3.8, 4) is 5.75 Å². The number of hydrogen-bond acceptors (Lipinski definition) is 10. The molecule has 0 aromatic heterocycles. The molecule has 3 aromatic carbocycles. The van der Waals surface area contributed by atoms with Gasteiger partial charge in [-0.3, -0.25) is 33.6 Å². The Bertz CT molecular complexity index is 2780. The lowest BCUT2D eigenvalue weighted by Crippen LogP contribution is -2.59. The molecule has 7 N–H and O–H groups in total. The van der Waals surface area contributed by atoms with Gasteiger partial charge in [0, 0.05) is 30.1 Å². The summed E-state index contributed by atoms with van der Waals surface area (Å²) < 4.78 is 6.16. The van der Waals surface area contributed by atoms with Crippen molar-refractivity contribution in [3.05, 3.63) is 149 Å². The number of carbonyl (C=O) groups excluding carboxylic acids is 7. The van der Waals surface area contributed by atoms with Crippen molar-refractivity contribution in [2.45, 2.75) is 160 Å². The molecule has 1 aliphatic heterocycles. The molecule has 428 valence electrons. The van der Waals surface area contributed by atoms with Gasteiger partial charge in [0.2, 0.25) is 29.5 Å². The maximum Gasteiger partial charge on any atom is 0.251 e. The molecule has 1 saturated heterocycles. The number of ether oxygens (including phenoxy) is 1. The number of Topliss-reactive ketones (excluding diaryl/α,β-unsaturated/α-hetero) is 1. The first kappa shape index (κ1) is 60.5. The number of rotatable bonds is 20. The lowest BCUT2D eigenvalue weighted by molar-refractivity contribution is -0.144. The van der Waals surface area contributed by atoms with Gasteiger partial charge in [-0.05, 0) is 151 Å². The summed E-state index contributed by atoms with van der Waals surface area (Å²) >= 11 is 0. The molecule has 0 bridgehead atoms. The molecule has 4 aliphatic rings. The van der Waals surface area contributed by atoms with E-state index in [9.17, 15) is 33.6 Å². The number of hydrogen-bond donors (Lipinski definition) is 7. The molecule has 10 atom stereocenters. The minimum absolute atomic E-state index is 0.0696. The topological polar surface area (TPSA) is 216 Å². The molecule has 7 rings (SSSR count). The molecule has 16 nitrogen and oxygen atoms in total. The van der Waals surface area contributed by atoms with Crippen LogP contribution in [0.1, 0.15) is 131 Å². The van der Waals surface area contributed by atoms with Gasteiger partial charge in [0.25, 0.3) is 5.91 Å². The van der Waals surface area contributed by atoms with E-state index >= 15 is 0 Å². The van der Waals surface area contributed by atoms with Crippen LogP contribution in [0.15, 0.2) is 121 Å². The fourth-order valence-corrected chi connectivity index (χ4v) is 11.0. The largest absolute Gasteiger partial charge is 0.489 e. The molecule has 0 spiro atoms. The first-order valence-electron chi connectivity index (χ1n) is 28.6. The van der Waals surface area contributed by atoms with Crippen LogP contribution in [0.25, 0.3) is 0 Å². The van der Waals surface area contributed by atoms with Gasteiger partial charge in [-0.25, -0.2) is 0 Å². The number of aryl methyl sites for hydroxylation is 1. The Hall–Kier alpha value is -7.17. The normalized spacial score (nSPS) is 23.4. The maximum absolute atomic E-state index is 14.6. The van der Waals surface area contributed by atoms with Crippen LogP contribution in [0.3, 0.4) is 0 Å². The minimum atomic E-state index is -0.942. The third-order valence-corrected chi connectivity index (χ3v) is 16.1. The third-order valence-electron chi connectivity index (χ3n) is 16.1. The van der Waals surface area contributed by atoms with E-state index in [-0.39, 0.29) is 73.4 Å². The number of carbonyl (C=O) groups is 7. The summed E-state index contributed by atoms with van der Waals surface area (Å²) in [6, 6.07) is 17.8. The maximum atomic E-state index is 14.6. The molecule has 1 heterocycles. The van der Waals surface area contributed by atoms with E-state index in [2.05, 4.69) is 49.9 Å². The molecule has 0 radical (unpaired) electrons. The summed E-state index contributed by atoms with van der Waals surface area (Å²) in [6.45, 7) is 13.4. The predicted molar refractivity (Wildman–Crippen MR) is 311 cm³/mol. The van der Waals surface area contributed by atoms with E-state index in [1.807, 2.05) is 99.7 Å². The Kier molecular flexibility index (Phi) is 21.4. The minimum Gasteiger partial charge on any atom is -0.489 e. The Morgan fingerprint density at radius 2 is 1.36 bits per heavy atom. The highest BCUT2D eigenvalue weighted by atomic mass is 16.5. The summed E-state index contributed by atoms with van der Waals surface area (Å²) in [5.41, 5.74) is 4.60. The first-order chi connectivity index (χ1) is 38.3. The molecule has 16 heteroatoms. The van der Waals surface area contributed by atoms with Crippen LogP contribution < -0.4 is 42.0 Å². The van der Waals surface area contributed by atoms with E-state index in [1.54, 1.807) is 52.2 Å². The van der Waals surface area contributed by atoms with Gasteiger partial charge >= 0.3 is 0 Å². The number of amides is 6. The van der Waals surface area contributed by atoms with Gasteiger partial charge in [0.05, 0.1) is 30.1 Å². The van der Waals surface area contributed by atoms with Crippen LogP contribution in [0, 0.1) is 17.3 Å². The second kappa shape index (κ2) is 28.3. The van der Waals surface area contributed by atoms with E-state index in [4.69, 9.17) is 4.74 Å². The van der Waals surface area contributed by atoms with E-state index in [1.165, 1.54) is 10.5 Å². The van der Waals surface area contributed by atoms with Gasteiger partial charge in [-0.2, -0.15) is 0 Å². The van der Waals surface area contributed by atoms with E-state index in [0.717, 1.165) is 60.8 Å². The monoisotopic (exact) mass is 1090 g/mol. The first-order valence-corrected chi connectivity index (χ1v) is 28.6. The van der Waals surface area contributed by atoms with Gasteiger partial charge in [-0.15, -0.1) is 0 Å². The fraction of sp³-hybridized carbons (Fsp3) is 0.484. The van der Waals surface area contributed by atoms with Crippen molar-refractivity contribution in [3.63, 3.8) is 0 Å². The molecular weight excluding hydrogens is 1010 g/mol. The average molecular weight is 1090 g/mol. The highest BCUT2D eigenvalue weighted by molar-refractivity contribution is 5.97. The second-order valence-corrected chi connectivity index (χ2v) is 23.1. The Morgan fingerprint density at radius 1 is 0.700 bits per heavy atom. The molecule has 3 aromatic rings. The molecule has 3 aliphatic carbocycles. The number of benzene rings is 3. The average Bonchev–Trinajstić information content (AvgIpc) is 3.88. The summed E-state index contributed by atoms with van der Waals surface area (Å²) in [4.78, 5) is 99.3. The number of allylic oxidation sites excluding steroid dienone is 6. The number of likely N-dealkylation sites (tertiary alicyclic amines) is 1. The third kappa shape index (κ3) is 16.2. The van der Waals surface area contributed by atoms with Crippen molar-refractivity contribution >= 4 is 41.2 Å². The van der Waals surface area contributed by atoms with Crippen LogP contribution in [-0.2, 0) is 48.2 Å². The summed E-state index contributed by atoms with van der Waals surface area (Å²) in [5, 5.41) is 21.4. The van der Waals surface area contributed by atoms with E-state index < -0.39 is 59.4 Å². The highest BCUT2D eigenvalue weighted by Gasteiger charge is 2.46. The highest BCUT2D eigenvalue weighted by Crippen LogP contribution is 2.33. The summed E-state index contributed by atoms with van der Waals surface area (Å²) in [5.74, 6) is -2.66. The van der Waals surface area contributed by atoms with Crippen molar-refractivity contribution in [1.82, 2.24) is 42.1 Å². The molecule has 6 amide bonds. The van der Waals surface area contributed by atoms with Gasteiger partial charge in [0.15, 0.2) is 5.78 Å².